The third-order valence-electron chi connectivity index (χ3n) is 3.91. The summed E-state index contributed by atoms with van der Waals surface area (Å²) >= 11 is 5.96. The van der Waals surface area contributed by atoms with Gasteiger partial charge in [0.2, 0.25) is 10.0 Å². The summed E-state index contributed by atoms with van der Waals surface area (Å²) in [4.78, 5) is 22.5. The van der Waals surface area contributed by atoms with Crippen molar-refractivity contribution in [2.75, 3.05) is 17.1 Å². The Hall–Kier alpha value is -2.98. The molecule has 29 heavy (non-hydrogen) atoms. The molecule has 1 N–H and O–H groups in total. The highest BCUT2D eigenvalue weighted by Crippen LogP contribution is 2.23. The lowest BCUT2D eigenvalue weighted by molar-refractivity contribution is -0.384. The van der Waals surface area contributed by atoms with E-state index in [0.29, 0.717) is 12.1 Å². The molecule has 2 aromatic rings. The molecule has 0 aromatic heterocycles. The fraction of sp³-hybridized carbons (Fsp3) is 0.222. The van der Waals surface area contributed by atoms with Crippen molar-refractivity contribution in [3.8, 4) is 0 Å². The van der Waals surface area contributed by atoms with Gasteiger partial charge in [-0.3, -0.25) is 19.2 Å². The molecule has 0 fully saturated rings. The van der Waals surface area contributed by atoms with E-state index in [1.54, 1.807) is 24.3 Å². The van der Waals surface area contributed by atoms with Crippen molar-refractivity contribution in [3.63, 3.8) is 0 Å². The predicted molar refractivity (Wildman–Crippen MR) is 112 cm³/mol. The molecule has 0 spiro atoms. The topological polar surface area (TPSA) is 122 Å². The summed E-state index contributed by atoms with van der Waals surface area (Å²) in [6.45, 7) is 1.41. The van der Waals surface area contributed by atoms with Gasteiger partial charge in [0.25, 0.3) is 11.6 Å². The number of carbonyl (C=O) groups is 1. The van der Waals surface area contributed by atoms with E-state index in [2.05, 4.69) is 10.5 Å². The van der Waals surface area contributed by atoms with Crippen LogP contribution in [0.2, 0.25) is 5.02 Å². The minimum absolute atomic E-state index is 0.179. The molecule has 2 aromatic carbocycles. The van der Waals surface area contributed by atoms with Crippen LogP contribution >= 0.6 is 11.6 Å². The number of nitrogens with one attached hydrogen (secondary N) is 1. The van der Waals surface area contributed by atoms with E-state index in [1.165, 1.54) is 18.2 Å². The van der Waals surface area contributed by atoms with Crippen molar-refractivity contribution < 1.29 is 18.1 Å². The van der Waals surface area contributed by atoms with Gasteiger partial charge in [-0.15, -0.1) is 0 Å². The van der Waals surface area contributed by atoms with Crippen molar-refractivity contribution in [2.24, 2.45) is 5.10 Å². The Morgan fingerprint density at radius 1 is 1.31 bits per heavy atom. The fourth-order valence-electron chi connectivity index (χ4n) is 2.52. The van der Waals surface area contributed by atoms with Gasteiger partial charge in [0.1, 0.15) is 6.54 Å². The van der Waals surface area contributed by atoms with Crippen molar-refractivity contribution in [1.82, 2.24) is 5.43 Å². The largest absolute Gasteiger partial charge is 0.271 e. The van der Waals surface area contributed by atoms with E-state index in [9.17, 15) is 23.3 Å². The van der Waals surface area contributed by atoms with E-state index in [4.69, 9.17) is 11.6 Å². The molecule has 0 aliphatic rings. The summed E-state index contributed by atoms with van der Waals surface area (Å²) in [6.07, 6.45) is 2.75. The lowest BCUT2D eigenvalue weighted by atomic mass is 10.1. The highest BCUT2D eigenvalue weighted by Gasteiger charge is 2.22. The number of hydrogen-bond acceptors (Lipinski definition) is 6. The smallest absolute Gasteiger partial charge is 0.270 e. The summed E-state index contributed by atoms with van der Waals surface area (Å²) in [5.74, 6) is -0.681. The van der Waals surface area contributed by atoms with Gasteiger partial charge in [0.15, 0.2) is 0 Å². The Morgan fingerprint density at radius 2 is 2.00 bits per heavy atom. The Kier molecular flexibility index (Phi) is 7.29. The Labute approximate surface area is 173 Å². The lowest BCUT2D eigenvalue weighted by Crippen LogP contribution is -2.39. The van der Waals surface area contributed by atoms with E-state index in [1.807, 2.05) is 6.92 Å². The molecular weight excluding hydrogens is 420 g/mol. The molecular formula is C18H19ClN4O5S. The number of hydrogen-bond donors (Lipinski definition) is 1. The monoisotopic (exact) mass is 438 g/mol. The summed E-state index contributed by atoms with van der Waals surface area (Å²) in [6, 6.07) is 10.7. The van der Waals surface area contributed by atoms with Crippen LogP contribution in [0.1, 0.15) is 18.1 Å². The zero-order valence-corrected chi connectivity index (χ0v) is 17.3. The number of para-hydroxylation sites is 1. The summed E-state index contributed by atoms with van der Waals surface area (Å²) in [5.41, 5.74) is 3.46. The summed E-state index contributed by atoms with van der Waals surface area (Å²) in [5, 5.41) is 14.8. The highest BCUT2D eigenvalue weighted by atomic mass is 35.5. The van der Waals surface area contributed by atoms with E-state index >= 15 is 0 Å². The van der Waals surface area contributed by atoms with E-state index in [0.717, 1.165) is 22.3 Å². The maximum absolute atomic E-state index is 12.3. The van der Waals surface area contributed by atoms with Crippen LogP contribution in [-0.4, -0.2) is 38.3 Å². The zero-order valence-electron chi connectivity index (χ0n) is 15.7. The number of nitro groups is 1. The second-order valence-corrected chi connectivity index (χ2v) is 8.32. The van der Waals surface area contributed by atoms with E-state index < -0.39 is 27.4 Å². The summed E-state index contributed by atoms with van der Waals surface area (Å²) in [7, 11) is -3.72. The molecule has 154 valence electrons. The molecule has 0 saturated carbocycles. The average molecular weight is 439 g/mol. The number of halogens is 1. The molecule has 0 saturated heterocycles. The van der Waals surface area contributed by atoms with Crippen LogP contribution in [0.3, 0.4) is 0 Å². The molecule has 0 unspecified atom stereocenters. The molecule has 0 aliphatic heterocycles. The molecule has 0 atom stereocenters. The molecule has 2 rings (SSSR count). The fourth-order valence-corrected chi connectivity index (χ4v) is 3.57. The van der Waals surface area contributed by atoms with Gasteiger partial charge in [-0.25, -0.2) is 13.8 Å². The van der Waals surface area contributed by atoms with Crippen LogP contribution in [0.25, 0.3) is 0 Å². The van der Waals surface area contributed by atoms with Gasteiger partial charge in [-0.2, -0.15) is 5.10 Å². The summed E-state index contributed by atoms with van der Waals surface area (Å²) < 4.78 is 25.4. The first-order chi connectivity index (χ1) is 13.6. The normalized spacial score (nSPS) is 11.4. The SMILES string of the molecule is CCc1ccccc1N(CC(=O)N/N=C\c1cc([N+](=O)[O-])ccc1Cl)S(C)(=O)=O. The highest BCUT2D eigenvalue weighted by molar-refractivity contribution is 7.92. The van der Waals surface area contributed by atoms with Crippen LogP contribution in [-0.2, 0) is 21.2 Å². The number of non-ortho nitro benzene ring substituents is 1. The average Bonchev–Trinajstić information content (AvgIpc) is 2.66. The molecule has 1 amide bonds. The predicted octanol–water partition coefficient (Wildman–Crippen LogP) is 2.73. The first-order valence-corrected chi connectivity index (χ1v) is 10.7. The minimum Gasteiger partial charge on any atom is -0.271 e. The molecule has 11 heteroatoms. The second kappa shape index (κ2) is 9.48. The first-order valence-electron chi connectivity index (χ1n) is 8.45. The number of amides is 1. The van der Waals surface area contributed by atoms with Crippen molar-refractivity contribution in [3.05, 3.63) is 68.7 Å². The molecule has 0 aliphatic carbocycles. The standard InChI is InChI=1S/C18H19ClN4O5S/c1-3-13-6-4-5-7-17(13)22(29(2,27)28)12-18(24)21-20-11-14-10-15(23(25)26)8-9-16(14)19/h4-11H,3,12H2,1-2H3,(H,21,24)/b20-11-. The van der Waals surface area contributed by atoms with Crippen LogP contribution < -0.4 is 9.73 Å². The minimum atomic E-state index is -3.72. The van der Waals surface area contributed by atoms with Gasteiger partial charge < -0.3 is 0 Å². The Bertz CT molecular complexity index is 1060. The quantitative estimate of drug-likeness (QED) is 0.385. The van der Waals surface area contributed by atoms with E-state index in [-0.39, 0.29) is 16.3 Å². The van der Waals surface area contributed by atoms with Crippen LogP contribution in [0, 0.1) is 10.1 Å². The number of benzene rings is 2. The van der Waals surface area contributed by atoms with Crippen LogP contribution in [0.15, 0.2) is 47.6 Å². The van der Waals surface area contributed by atoms with Gasteiger partial charge in [0.05, 0.1) is 23.1 Å². The number of nitro benzene ring substituents is 1. The maximum Gasteiger partial charge on any atom is 0.270 e. The second-order valence-electron chi connectivity index (χ2n) is 6.01. The number of sulfonamides is 1. The number of anilines is 1. The third kappa shape index (κ3) is 6.00. The van der Waals surface area contributed by atoms with Gasteiger partial charge >= 0.3 is 0 Å². The van der Waals surface area contributed by atoms with Gasteiger partial charge in [-0.1, -0.05) is 36.7 Å². The molecule has 0 radical (unpaired) electrons. The number of nitrogens with zero attached hydrogens (tertiary/aromatic N) is 3. The molecule has 0 bridgehead atoms. The molecule has 9 nitrogen and oxygen atoms in total. The number of hydrazone groups is 1. The maximum atomic E-state index is 12.3. The van der Waals surface area contributed by atoms with Crippen molar-refractivity contribution in [1.29, 1.82) is 0 Å². The lowest BCUT2D eigenvalue weighted by Gasteiger charge is -2.23. The Balaban J connectivity index is 2.17. The van der Waals surface area contributed by atoms with Crippen LogP contribution in [0.5, 0.6) is 0 Å². The zero-order chi connectivity index (χ0) is 21.6. The Morgan fingerprint density at radius 3 is 2.62 bits per heavy atom. The van der Waals surface area contributed by atoms with Gasteiger partial charge in [-0.05, 0) is 24.1 Å². The van der Waals surface area contributed by atoms with Crippen LogP contribution in [0.4, 0.5) is 11.4 Å². The van der Waals surface area contributed by atoms with Gasteiger partial charge in [0, 0.05) is 22.7 Å². The van der Waals surface area contributed by atoms with Crippen molar-refractivity contribution in [2.45, 2.75) is 13.3 Å². The third-order valence-corrected chi connectivity index (χ3v) is 5.38. The number of aryl methyl sites for hydroxylation is 1. The number of carbonyl (C=O) groups excluding carboxylic acids is 1. The van der Waals surface area contributed by atoms with Crippen molar-refractivity contribution >= 4 is 45.1 Å². The first kappa shape index (κ1) is 22.3. The molecule has 0 heterocycles. The number of rotatable bonds is 8.